The third kappa shape index (κ3) is 2.85. The van der Waals surface area contributed by atoms with Gasteiger partial charge in [-0.05, 0) is 25.8 Å². The zero-order valence-electron chi connectivity index (χ0n) is 11.4. The molecule has 1 aromatic heterocycles. The van der Waals surface area contributed by atoms with E-state index in [0.29, 0.717) is 0 Å². The van der Waals surface area contributed by atoms with Gasteiger partial charge in [-0.1, -0.05) is 42.1 Å². The molecule has 1 N–H and O–H groups in total. The summed E-state index contributed by atoms with van der Waals surface area (Å²) in [6, 6.07) is 10.4. The second-order valence-electron chi connectivity index (χ2n) is 5.27. The van der Waals surface area contributed by atoms with Crippen molar-refractivity contribution in [2.24, 2.45) is 5.92 Å². The fraction of sp³-hybridized carbons (Fsp3) is 0.400. The normalized spacial score (nSPS) is 21.7. The first-order valence-electron chi connectivity index (χ1n) is 6.60. The molecule has 2 unspecified atom stereocenters. The van der Waals surface area contributed by atoms with Crippen molar-refractivity contribution in [2.45, 2.75) is 35.0 Å². The molecule has 1 heterocycles. The molecule has 20 heavy (non-hydrogen) atoms. The van der Waals surface area contributed by atoms with Gasteiger partial charge in [-0.25, -0.2) is 4.98 Å². The van der Waals surface area contributed by atoms with E-state index in [0.717, 1.165) is 23.0 Å². The predicted molar refractivity (Wildman–Crippen MR) is 85.6 cm³/mol. The van der Waals surface area contributed by atoms with E-state index in [1.165, 1.54) is 5.56 Å². The van der Waals surface area contributed by atoms with Crippen LogP contribution < -0.4 is 0 Å². The Hall–Kier alpha value is -0.640. The maximum absolute atomic E-state index is 6.28. The Morgan fingerprint density at radius 1 is 1.30 bits per heavy atom. The minimum atomic E-state index is -0.593. The number of thioether (sulfide) groups is 1. The molecule has 2 aromatic rings. The van der Waals surface area contributed by atoms with Gasteiger partial charge < -0.3 is 4.98 Å². The van der Waals surface area contributed by atoms with E-state index in [4.69, 9.17) is 23.2 Å². The second-order valence-corrected chi connectivity index (χ2v) is 7.95. The second kappa shape index (κ2) is 5.28. The van der Waals surface area contributed by atoms with Crippen LogP contribution in [0, 0.1) is 19.8 Å². The molecule has 0 radical (unpaired) electrons. The zero-order chi connectivity index (χ0) is 14.3. The Kier molecular flexibility index (Phi) is 3.78. The lowest BCUT2D eigenvalue weighted by Crippen LogP contribution is -2.03. The van der Waals surface area contributed by atoms with E-state index >= 15 is 0 Å². The van der Waals surface area contributed by atoms with Gasteiger partial charge in [0.15, 0.2) is 5.16 Å². The Morgan fingerprint density at radius 3 is 2.45 bits per heavy atom. The SMILES string of the molecule is Cc1nc(SC(c2ccccc2)C2CC2(Cl)Cl)[nH]c1C. The molecule has 1 aliphatic rings. The van der Waals surface area contributed by atoms with Crippen molar-refractivity contribution in [1.29, 1.82) is 0 Å². The molecule has 2 nitrogen and oxygen atoms in total. The highest BCUT2D eigenvalue weighted by molar-refractivity contribution is 7.99. The van der Waals surface area contributed by atoms with Crippen LogP contribution in [0.25, 0.3) is 0 Å². The van der Waals surface area contributed by atoms with Gasteiger partial charge in [-0.2, -0.15) is 0 Å². The monoisotopic (exact) mass is 326 g/mol. The first-order chi connectivity index (χ1) is 9.47. The third-order valence-corrected chi connectivity index (χ3v) is 5.85. The summed E-state index contributed by atoms with van der Waals surface area (Å²) < 4.78 is -0.593. The van der Waals surface area contributed by atoms with Gasteiger partial charge in [-0.3, -0.25) is 0 Å². The number of hydrogen-bond donors (Lipinski definition) is 1. The third-order valence-electron chi connectivity index (χ3n) is 3.71. The molecule has 2 atom stereocenters. The number of alkyl halides is 2. The van der Waals surface area contributed by atoms with Gasteiger partial charge in [0.1, 0.15) is 4.33 Å². The molecule has 1 aromatic carbocycles. The minimum Gasteiger partial charge on any atom is -0.337 e. The quantitative estimate of drug-likeness (QED) is 0.628. The Morgan fingerprint density at radius 2 is 1.95 bits per heavy atom. The average molecular weight is 327 g/mol. The lowest BCUT2D eigenvalue weighted by Gasteiger charge is -2.16. The van der Waals surface area contributed by atoms with E-state index in [1.807, 2.05) is 32.0 Å². The van der Waals surface area contributed by atoms with Crippen LogP contribution in [0.4, 0.5) is 0 Å². The van der Waals surface area contributed by atoms with Crippen LogP contribution >= 0.6 is 35.0 Å². The molecule has 106 valence electrons. The molecule has 1 aliphatic carbocycles. The van der Waals surface area contributed by atoms with Gasteiger partial charge in [0.25, 0.3) is 0 Å². The van der Waals surface area contributed by atoms with E-state index in [-0.39, 0.29) is 11.2 Å². The predicted octanol–water partition coefficient (Wildman–Crippen LogP) is 5.05. The molecule has 0 spiro atoms. The number of aryl methyl sites for hydroxylation is 2. The van der Waals surface area contributed by atoms with E-state index in [1.54, 1.807) is 11.8 Å². The summed E-state index contributed by atoms with van der Waals surface area (Å²) in [5.41, 5.74) is 3.40. The highest BCUT2D eigenvalue weighted by atomic mass is 35.5. The minimum absolute atomic E-state index is 0.233. The Balaban J connectivity index is 1.87. The van der Waals surface area contributed by atoms with Crippen molar-refractivity contribution in [1.82, 2.24) is 9.97 Å². The number of imidazole rings is 1. The number of nitrogens with one attached hydrogen (secondary N) is 1. The Labute approximate surface area is 133 Å². The van der Waals surface area contributed by atoms with E-state index < -0.39 is 4.33 Å². The number of benzene rings is 1. The van der Waals surface area contributed by atoms with Crippen molar-refractivity contribution in [2.75, 3.05) is 0 Å². The molecule has 3 rings (SSSR count). The number of aromatic nitrogens is 2. The molecule has 0 saturated heterocycles. The highest BCUT2D eigenvalue weighted by Gasteiger charge is 2.56. The number of rotatable bonds is 4. The standard InChI is InChI=1S/C15H16Cl2N2S/c1-9-10(2)19-14(18-9)20-13(12-8-15(12,16)17)11-6-4-3-5-7-11/h3-7,12-13H,8H2,1-2H3,(H,18,19). The van der Waals surface area contributed by atoms with Crippen molar-refractivity contribution >= 4 is 35.0 Å². The highest BCUT2D eigenvalue weighted by Crippen LogP contribution is 2.63. The van der Waals surface area contributed by atoms with Crippen LogP contribution in [-0.2, 0) is 0 Å². The molecular formula is C15H16Cl2N2S. The lowest BCUT2D eigenvalue weighted by atomic mass is 10.1. The molecule has 1 fully saturated rings. The van der Waals surface area contributed by atoms with Gasteiger partial charge in [-0.15, -0.1) is 23.2 Å². The topological polar surface area (TPSA) is 28.7 Å². The van der Waals surface area contributed by atoms with Crippen molar-refractivity contribution in [3.63, 3.8) is 0 Å². The van der Waals surface area contributed by atoms with Gasteiger partial charge in [0.05, 0.1) is 5.69 Å². The average Bonchev–Trinajstić information content (AvgIpc) is 2.92. The summed E-state index contributed by atoms with van der Waals surface area (Å²) in [5.74, 6) is 0.268. The number of hydrogen-bond acceptors (Lipinski definition) is 2. The zero-order valence-corrected chi connectivity index (χ0v) is 13.7. The smallest absolute Gasteiger partial charge is 0.166 e. The molecule has 0 aliphatic heterocycles. The fourth-order valence-corrected chi connectivity index (χ4v) is 4.44. The molecule has 0 bridgehead atoms. The molecular weight excluding hydrogens is 311 g/mol. The van der Waals surface area contributed by atoms with Crippen LogP contribution in [0.2, 0.25) is 0 Å². The summed E-state index contributed by atoms with van der Waals surface area (Å²) in [4.78, 5) is 7.87. The maximum atomic E-state index is 6.28. The van der Waals surface area contributed by atoms with E-state index in [2.05, 4.69) is 22.1 Å². The van der Waals surface area contributed by atoms with Crippen LogP contribution in [0.3, 0.4) is 0 Å². The first kappa shape index (κ1) is 14.3. The summed E-state index contributed by atoms with van der Waals surface area (Å²) in [7, 11) is 0. The maximum Gasteiger partial charge on any atom is 0.166 e. The summed E-state index contributed by atoms with van der Waals surface area (Å²) in [5, 5.41) is 1.17. The first-order valence-corrected chi connectivity index (χ1v) is 8.23. The van der Waals surface area contributed by atoms with Crippen molar-refractivity contribution in [3.05, 3.63) is 47.3 Å². The fourth-order valence-electron chi connectivity index (χ4n) is 2.28. The van der Waals surface area contributed by atoms with E-state index in [9.17, 15) is 0 Å². The molecule has 1 saturated carbocycles. The van der Waals surface area contributed by atoms with Gasteiger partial charge in [0, 0.05) is 16.9 Å². The summed E-state index contributed by atoms with van der Waals surface area (Å²) in [6.07, 6.45) is 0.835. The summed E-state index contributed by atoms with van der Waals surface area (Å²) in [6.45, 7) is 4.05. The van der Waals surface area contributed by atoms with Crippen molar-refractivity contribution in [3.8, 4) is 0 Å². The number of nitrogens with zero attached hydrogens (tertiary/aromatic N) is 1. The van der Waals surface area contributed by atoms with Crippen molar-refractivity contribution < 1.29 is 0 Å². The lowest BCUT2D eigenvalue weighted by molar-refractivity contribution is 0.791. The summed E-state index contributed by atoms with van der Waals surface area (Å²) >= 11 is 14.3. The number of halogens is 2. The van der Waals surface area contributed by atoms with Crippen LogP contribution in [-0.4, -0.2) is 14.3 Å². The number of aromatic amines is 1. The van der Waals surface area contributed by atoms with Gasteiger partial charge >= 0.3 is 0 Å². The number of H-pyrrole nitrogens is 1. The van der Waals surface area contributed by atoms with Gasteiger partial charge in [0.2, 0.25) is 0 Å². The van der Waals surface area contributed by atoms with Crippen LogP contribution in [0.5, 0.6) is 0 Å². The van der Waals surface area contributed by atoms with Crippen LogP contribution in [0.1, 0.15) is 28.6 Å². The largest absolute Gasteiger partial charge is 0.337 e. The Bertz CT molecular complexity index is 590. The molecule has 0 amide bonds. The van der Waals surface area contributed by atoms with Crippen LogP contribution in [0.15, 0.2) is 35.5 Å². The molecule has 5 heteroatoms.